The minimum absolute atomic E-state index is 0.00887. The normalized spacial score (nSPS) is 16.9. The van der Waals surface area contributed by atoms with E-state index in [4.69, 9.17) is 14.2 Å². The van der Waals surface area contributed by atoms with Crippen molar-refractivity contribution in [1.29, 1.82) is 0 Å². The molecule has 9 nitrogen and oxygen atoms in total. The highest BCUT2D eigenvalue weighted by Crippen LogP contribution is 2.22. The Kier molecular flexibility index (Phi) is 6.01. The van der Waals surface area contributed by atoms with Gasteiger partial charge in [-0.25, -0.2) is 9.59 Å². The number of amides is 1. The lowest BCUT2D eigenvalue weighted by Crippen LogP contribution is -2.42. The number of carbonyl (C=O) groups excluding carboxylic acids is 2. The molecule has 1 aliphatic heterocycles. The van der Waals surface area contributed by atoms with E-state index in [-0.39, 0.29) is 24.1 Å². The van der Waals surface area contributed by atoms with E-state index >= 15 is 0 Å². The third kappa shape index (κ3) is 5.61. The Labute approximate surface area is 151 Å². The number of hydrogen-bond acceptors (Lipinski definition) is 7. The van der Waals surface area contributed by atoms with Gasteiger partial charge in [0.2, 0.25) is 0 Å². The molecule has 0 spiro atoms. The van der Waals surface area contributed by atoms with E-state index in [0.717, 1.165) is 6.42 Å². The maximum absolute atomic E-state index is 12.2. The Morgan fingerprint density at radius 2 is 1.92 bits per heavy atom. The van der Waals surface area contributed by atoms with Gasteiger partial charge >= 0.3 is 12.2 Å². The molecule has 0 saturated carbocycles. The lowest BCUT2D eigenvalue weighted by atomic mass is 10.2. The smallest absolute Gasteiger partial charge is 0.444 e. The van der Waals surface area contributed by atoms with Crippen molar-refractivity contribution < 1.29 is 28.7 Å². The van der Waals surface area contributed by atoms with Crippen LogP contribution in [0.2, 0.25) is 0 Å². The number of rotatable bonds is 4. The lowest BCUT2D eigenvalue weighted by molar-refractivity contribution is -0.384. The average Bonchev–Trinajstić information content (AvgIpc) is 3.00. The fraction of sp³-hybridized carbons (Fsp3) is 0.529. The summed E-state index contributed by atoms with van der Waals surface area (Å²) in [7, 11) is 0. The molecule has 0 unspecified atom stereocenters. The van der Waals surface area contributed by atoms with E-state index in [1.54, 1.807) is 25.7 Å². The first-order chi connectivity index (χ1) is 12.2. The van der Waals surface area contributed by atoms with E-state index in [0.29, 0.717) is 13.0 Å². The van der Waals surface area contributed by atoms with Gasteiger partial charge in [0, 0.05) is 18.7 Å². The topological polar surface area (TPSA) is 108 Å². The van der Waals surface area contributed by atoms with Gasteiger partial charge < -0.3 is 19.1 Å². The number of carbonyl (C=O) groups is 2. The molecule has 1 fully saturated rings. The van der Waals surface area contributed by atoms with Gasteiger partial charge in [-0.15, -0.1) is 0 Å². The number of nitro benzene ring substituents is 1. The maximum atomic E-state index is 12.2. The van der Waals surface area contributed by atoms with Gasteiger partial charge in [0.25, 0.3) is 5.69 Å². The van der Waals surface area contributed by atoms with Crippen LogP contribution in [-0.2, 0) is 9.47 Å². The minimum Gasteiger partial charge on any atom is -0.444 e. The van der Waals surface area contributed by atoms with Crippen molar-refractivity contribution in [2.75, 3.05) is 13.2 Å². The fourth-order valence-corrected chi connectivity index (χ4v) is 2.50. The second-order valence-electron chi connectivity index (χ2n) is 6.88. The zero-order valence-electron chi connectivity index (χ0n) is 15.0. The molecule has 1 aliphatic rings. The number of ether oxygens (including phenoxy) is 3. The van der Waals surface area contributed by atoms with E-state index in [1.807, 2.05) is 0 Å². The van der Waals surface area contributed by atoms with Crippen LogP contribution < -0.4 is 4.74 Å². The van der Waals surface area contributed by atoms with Crippen LogP contribution in [0.1, 0.15) is 33.6 Å². The Bertz CT molecular complexity index is 667. The molecule has 2 rings (SSSR count). The number of benzene rings is 1. The van der Waals surface area contributed by atoms with Crippen LogP contribution in [0, 0.1) is 10.1 Å². The largest absolute Gasteiger partial charge is 0.513 e. The number of non-ortho nitro benzene ring substituents is 1. The average molecular weight is 366 g/mol. The molecule has 1 saturated heterocycles. The summed E-state index contributed by atoms with van der Waals surface area (Å²) >= 11 is 0. The van der Waals surface area contributed by atoms with Gasteiger partial charge in [-0.05, 0) is 45.7 Å². The molecule has 142 valence electrons. The number of nitro groups is 1. The Hall–Kier alpha value is -2.84. The third-order valence-corrected chi connectivity index (χ3v) is 3.65. The lowest BCUT2D eigenvalue weighted by Gasteiger charge is -2.28. The Morgan fingerprint density at radius 3 is 2.50 bits per heavy atom. The standard InChI is InChI=1S/C17H22N2O7/c1-17(2,3)26-15(20)18-10-4-5-13(18)11-24-16(21)25-14-8-6-12(7-9-14)19(22)23/h6-9,13H,4-5,10-11H2,1-3H3/t13-/m1/s1. The van der Waals surface area contributed by atoms with Crippen LogP contribution in [0.3, 0.4) is 0 Å². The monoisotopic (exact) mass is 366 g/mol. The maximum Gasteiger partial charge on any atom is 0.513 e. The highest BCUT2D eigenvalue weighted by atomic mass is 16.7. The molecule has 1 amide bonds. The molecule has 1 aromatic rings. The van der Waals surface area contributed by atoms with E-state index < -0.39 is 22.8 Å². The second-order valence-corrected chi connectivity index (χ2v) is 6.88. The van der Waals surface area contributed by atoms with Crippen LogP contribution in [0.5, 0.6) is 5.75 Å². The summed E-state index contributed by atoms with van der Waals surface area (Å²) in [6.07, 6.45) is 0.122. The number of likely N-dealkylation sites (tertiary alicyclic amines) is 1. The number of hydrogen-bond donors (Lipinski definition) is 0. The van der Waals surface area contributed by atoms with Gasteiger partial charge in [0.05, 0.1) is 11.0 Å². The number of nitrogens with zero attached hydrogens (tertiary/aromatic N) is 2. The van der Waals surface area contributed by atoms with Crippen molar-refractivity contribution in [2.24, 2.45) is 0 Å². The molecule has 1 heterocycles. The van der Waals surface area contributed by atoms with Crippen LogP contribution in [0.4, 0.5) is 15.3 Å². The van der Waals surface area contributed by atoms with Crippen molar-refractivity contribution in [2.45, 2.75) is 45.3 Å². The first-order valence-electron chi connectivity index (χ1n) is 8.24. The molecule has 26 heavy (non-hydrogen) atoms. The molecule has 0 aliphatic carbocycles. The summed E-state index contributed by atoms with van der Waals surface area (Å²) in [6.45, 7) is 5.89. The van der Waals surface area contributed by atoms with E-state index in [2.05, 4.69) is 0 Å². The zero-order valence-corrected chi connectivity index (χ0v) is 15.0. The van der Waals surface area contributed by atoms with Crippen LogP contribution in [0.25, 0.3) is 0 Å². The summed E-state index contributed by atoms with van der Waals surface area (Å²) in [5, 5.41) is 10.6. The highest BCUT2D eigenvalue weighted by Gasteiger charge is 2.33. The van der Waals surface area contributed by atoms with E-state index in [9.17, 15) is 19.7 Å². The van der Waals surface area contributed by atoms with Crippen molar-refractivity contribution in [1.82, 2.24) is 4.90 Å². The summed E-state index contributed by atoms with van der Waals surface area (Å²) < 4.78 is 15.4. The van der Waals surface area contributed by atoms with Crippen LogP contribution in [-0.4, -0.2) is 46.9 Å². The van der Waals surface area contributed by atoms with Crippen molar-refractivity contribution in [3.8, 4) is 5.75 Å². The van der Waals surface area contributed by atoms with Gasteiger partial charge in [0.1, 0.15) is 18.0 Å². The molecular formula is C17H22N2O7. The summed E-state index contributed by atoms with van der Waals surface area (Å²) in [5.41, 5.74) is -0.704. The first-order valence-corrected chi connectivity index (χ1v) is 8.24. The SMILES string of the molecule is CC(C)(C)OC(=O)N1CCC[C@@H]1COC(=O)Oc1ccc([N+](=O)[O-])cc1. The summed E-state index contributed by atoms with van der Waals surface area (Å²) in [4.78, 5) is 35.5. The van der Waals surface area contributed by atoms with Gasteiger partial charge in [0.15, 0.2) is 0 Å². The Balaban J connectivity index is 1.84. The van der Waals surface area contributed by atoms with Gasteiger partial charge in [-0.3, -0.25) is 10.1 Å². The van der Waals surface area contributed by atoms with Crippen molar-refractivity contribution >= 4 is 17.9 Å². The van der Waals surface area contributed by atoms with Crippen LogP contribution >= 0.6 is 0 Å². The fourth-order valence-electron chi connectivity index (χ4n) is 2.50. The van der Waals surface area contributed by atoms with Gasteiger partial charge in [-0.1, -0.05) is 0 Å². The molecule has 0 radical (unpaired) electrons. The minimum atomic E-state index is -0.935. The molecule has 9 heteroatoms. The summed E-state index contributed by atoms with van der Waals surface area (Å²) in [6, 6.07) is 4.80. The molecule has 0 aromatic heterocycles. The molecule has 0 N–H and O–H groups in total. The highest BCUT2D eigenvalue weighted by molar-refractivity contribution is 5.69. The predicted molar refractivity (Wildman–Crippen MR) is 91.0 cm³/mol. The first kappa shape index (κ1) is 19.5. The van der Waals surface area contributed by atoms with Crippen molar-refractivity contribution in [3.05, 3.63) is 34.4 Å². The second kappa shape index (κ2) is 8.03. The Morgan fingerprint density at radius 1 is 1.27 bits per heavy atom. The molecule has 0 bridgehead atoms. The molecule has 1 atom stereocenters. The molecule has 1 aromatic carbocycles. The molecular weight excluding hydrogens is 344 g/mol. The van der Waals surface area contributed by atoms with E-state index in [1.165, 1.54) is 24.3 Å². The quantitative estimate of drug-likeness (QED) is 0.347. The predicted octanol–water partition coefficient (Wildman–Crippen LogP) is 3.51. The van der Waals surface area contributed by atoms with Crippen LogP contribution in [0.15, 0.2) is 24.3 Å². The van der Waals surface area contributed by atoms with Gasteiger partial charge in [-0.2, -0.15) is 0 Å². The van der Waals surface area contributed by atoms with Crippen molar-refractivity contribution in [3.63, 3.8) is 0 Å². The third-order valence-electron chi connectivity index (χ3n) is 3.65. The zero-order chi connectivity index (χ0) is 19.3. The summed E-state index contributed by atoms with van der Waals surface area (Å²) in [5.74, 6) is 0.135.